The van der Waals surface area contributed by atoms with Crippen molar-refractivity contribution in [2.75, 3.05) is 6.61 Å². The van der Waals surface area contributed by atoms with Crippen molar-refractivity contribution >= 4 is 11.9 Å². The van der Waals surface area contributed by atoms with Crippen LogP contribution in [0.1, 0.15) is 355 Å². The fraction of sp³-hybridized carbons (Fsp3) is 0.967. The van der Waals surface area contributed by atoms with E-state index in [2.05, 4.69) is 26.1 Å². The summed E-state index contributed by atoms with van der Waals surface area (Å²) in [7, 11) is 0. The van der Waals surface area contributed by atoms with Crippen LogP contribution in [0.25, 0.3) is 0 Å². The molecular weight excluding hydrogens is 827 g/mol. The minimum Gasteiger partial charge on any atom is -0.462 e. The molecule has 0 bridgehead atoms. The van der Waals surface area contributed by atoms with E-state index >= 15 is 0 Å². The summed E-state index contributed by atoms with van der Waals surface area (Å²) in [4.78, 5) is 26.3. The molecule has 0 aliphatic carbocycles. The van der Waals surface area contributed by atoms with Crippen LogP contribution in [0.3, 0.4) is 0 Å². The van der Waals surface area contributed by atoms with E-state index in [-0.39, 0.29) is 24.9 Å². The first-order valence-electron chi connectivity index (χ1n) is 30.8. The first-order valence-corrected chi connectivity index (χ1v) is 30.8. The molecule has 6 heteroatoms. The maximum absolute atomic E-state index is 13.3. The van der Waals surface area contributed by atoms with Crippen LogP contribution in [0.4, 0.5) is 0 Å². The van der Waals surface area contributed by atoms with Gasteiger partial charge in [0, 0.05) is 6.42 Å². The van der Waals surface area contributed by atoms with E-state index < -0.39 is 18.2 Å². The zero-order valence-electron chi connectivity index (χ0n) is 45.8. The Bertz CT molecular complexity index is 975. The minimum absolute atomic E-state index is 0.0889. The Labute approximate surface area is 419 Å². The Kier molecular flexibility index (Phi) is 54.8. The summed E-state index contributed by atoms with van der Waals surface area (Å²) >= 11 is 0. The first-order chi connectivity index (χ1) is 33.0. The van der Waals surface area contributed by atoms with Gasteiger partial charge in [-0.3, -0.25) is 9.59 Å². The lowest BCUT2D eigenvalue weighted by atomic mass is 10.0. The Morgan fingerprint density at radius 1 is 0.373 bits per heavy atom. The predicted molar refractivity (Wildman–Crippen MR) is 292 cm³/mol. The van der Waals surface area contributed by atoms with Crippen LogP contribution in [-0.4, -0.2) is 46.9 Å². The summed E-state index contributed by atoms with van der Waals surface area (Å²) in [6.45, 7) is 6.55. The average molecular weight is 949 g/mol. The van der Waals surface area contributed by atoms with Gasteiger partial charge in [0.05, 0.1) is 25.2 Å². The maximum atomic E-state index is 13.3. The van der Waals surface area contributed by atoms with Crippen molar-refractivity contribution in [1.82, 2.24) is 5.32 Å². The lowest BCUT2D eigenvalue weighted by Crippen LogP contribution is -2.46. The van der Waals surface area contributed by atoms with Gasteiger partial charge in [-0.15, -0.1) is 0 Å². The monoisotopic (exact) mass is 948 g/mol. The summed E-state index contributed by atoms with van der Waals surface area (Å²) in [5.74, 6) is -0.442. The molecule has 0 saturated carbocycles. The molecule has 0 heterocycles. The zero-order valence-corrected chi connectivity index (χ0v) is 45.8. The molecule has 3 N–H and O–H groups in total. The number of ether oxygens (including phenoxy) is 1. The number of rotatable bonds is 57. The van der Waals surface area contributed by atoms with Gasteiger partial charge < -0.3 is 20.3 Å². The molecule has 0 aliphatic heterocycles. The number of amides is 1. The fourth-order valence-electron chi connectivity index (χ4n) is 10.0. The summed E-state index contributed by atoms with van der Waals surface area (Å²) in [6, 6.07) is -0.694. The SMILES string of the molecule is CCCCCCCCCCCCCCCCCCCC(=O)OC(CCCCCCCCCCCCCCCC)CC(=O)NC(CO)C(O)CCCCCCCCCCCCCCCCCCC. The van der Waals surface area contributed by atoms with E-state index in [1.54, 1.807) is 0 Å². The van der Waals surface area contributed by atoms with Crippen molar-refractivity contribution in [1.29, 1.82) is 0 Å². The highest BCUT2D eigenvalue weighted by atomic mass is 16.5. The summed E-state index contributed by atoms with van der Waals surface area (Å²) in [6.07, 6.45) is 63.2. The smallest absolute Gasteiger partial charge is 0.306 e. The normalized spacial score (nSPS) is 13.0. The predicted octanol–water partition coefficient (Wildman–Crippen LogP) is 19.1. The molecular formula is C61H121NO5. The van der Waals surface area contributed by atoms with Crippen molar-refractivity contribution in [3.63, 3.8) is 0 Å². The van der Waals surface area contributed by atoms with E-state index in [4.69, 9.17) is 4.74 Å². The molecule has 0 aromatic heterocycles. The minimum atomic E-state index is -0.781. The summed E-state index contributed by atoms with van der Waals surface area (Å²) in [5.41, 5.74) is 0. The van der Waals surface area contributed by atoms with Gasteiger partial charge in [0.2, 0.25) is 5.91 Å². The Hall–Kier alpha value is -1.14. The summed E-state index contributed by atoms with van der Waals surface area (Å²) < 4.78 is 5.98. The molecule has 0 spiro atoms. The molecule has 0 fully saturated rings. The third-order valence-electron chi connectivity index (χ3n) is 14.7. The highest BCUT2D eigenvalue weighted by Crippen LogP contribution is 2.20. The van der Waals surface area contributed by atoms with Gasteiger partial charge in [0.15, 0.2) is 0 Å². The number of hydrogen-bond donors (Lipinski definition) is 3. The van der Waals surface area contributed by atoms with E-state index in [1.807, 2.05) is 0 Å². The Balaban J connectivity index is 4.44. The number of nitrogens with one attached hydrogen (secondary N) is 1. The number of aliphatic hydroxyl groups excluding tert-OH is 2. The van der Waals surface area contributed by atoms with E-state index in [0.29, 0.717) is 19.3 Å². The number of aliphatic hydroxyl groups is 2. The molecule has 67 heavy (non-hydrogen) atoms. The number of carbonyl (C=O) groups is 2. The van der Waals surface area contributed by atoms with Gasteiger partial charge in [0.25, 0.3) is 0 Å². The maximum Gasteiger partial charge on any atom is 0.306 e. The Morgan fingerprint density at radius 2 is 0.627 bits per heavy atom. The van der Waals surface area contributed by atoms with Crippen LogP contribution < -0.4 is 5.32 Å². The van der Waals surface area contributed by atoms with Crippen LogP contribution in [-0.2, 0) is 14.3 Å². The van der Waals surface area contributed by atoms with Crippen LogP contribution in [0.15, 0.2) is 0 Å². The van der Waals surface area contributed by atoms with Crippen molar-refractivity contribution in [3.8, 4) is 0 Å². The zero-order chi connectivity index (χ0) is 48.8. The summed E-state index contributed by atoms with van der Waals surface area (Å²) in [5, 5.41) is 24.0. The molecule has 0 aromatic carbocycles. The van der Waals surface area contributed by atoms with Crippen molar-refractivity contribution in [3.05, 3.63) is 0 Å². The largest absolute Gasteiger partial charge is 0.462 e. The second kappa shape index (κ2) is 55.8. The van der Waals surface area contributed by atoms with E-state index in [9.17, 15) is 19.8 Å². The highest BCUT2D eigenvalue weighted by molar-refractivity contribution is 5.77. The van der Waals surface area contributed by atoms with Crippen molar-refractivity contribution in [2.45, 2.75) is 373 Å². The molecule has 1 amide bonds. The molecule has 0 aliphatic rings. The second-order valence-corrected chi connectivity index (χ2v) is 21.5. The number of hydrogen-bond acceptors (Lipinski definition) is 5. The number of esters is 1. The first kappa shape index (κ1) is 65.9. The lowest BCUT2D eigenvalue weighted by molar-refractivity contribution is -0.151. The molecule has 6 nitrogen and oxygen atoms in total. The van der Waals surface area contributed by atoms with Gasteiger partial charge in [-0.25, -0.2) is 0 Å². The van der Waals surface area contributed by atoms with Gasteiger partial charge >= 0.3 is 5.97 Å². The third kappa shape index (κ3) is 51.0. The average Bonchev–Trinajstić information content (AvgIpc) is 3.32. The molecule has 3 atom stereocenters. The number of unbranched alkanes of at least 4 members (excludes halogenated alkanes) is 45. The molecule has 0 aromatic rings. The second-order valence-electron chi connectivity index (χ2n) is 21.5. The highest BCUT2D eigenvalue weighted by Gasteiger charge is 2.24. The molecule has 3 unspecified atom stereocenters. The fourth-order valence-corrected chi connectivity index (χ4v) is 10.0. The van der Waals surface area contributed by atoms with Crippen molar-refractivity contribution < 1.29 is 24.5 Å². The molecule has 400 valence electrons. The van der Waals surface area contributed by atoms with Crippen LogP contribution in [0, 0.1) is 0 Å². The number of carbonyl (C=O) groups excluding carboxylic acids is 2. The van der Waals surface area contributed by atoms with Gasteiger partial charge in [-0.1, -0.05) is 316 Å². The van der Waals surface area contributed by atoms with Crippen molar-refractivity contribution in [2.24, 2.45) is 0 Å². The van der Waals surface area contributed by atoms with E-state index in [1.165, 1.54) is 270 Å². The topological polar surface area (TPSA) is 95.9 Å². The quantitative estimate of drug-likeness (QED) is 0.0417. The Morgan fingerprint density at radius 3 is 0.910 bits per heavy atom. The molecule has 0 rings (SSSR count). The van der Waals surface area contributed by atoms with Crippen LogP contribution in [0.5, 0.6) is 0 Å². The van der Waals surface area contributed by atoms with Crippen LogP contribution in [0.2, 0.25) is 0 Å². The lowest BCUT2D eigenvalue weighted by Gasteiger charge is -2.24. The molecule has 0 saturated heterocycles. The van der Waals surface area contributed by atoms with Crippen LogP contribution >= 0.6 is 0 Å². The van der Waals surface area contributed by atoms with Gasteiger partial charge in [0.1, 0.15) is 6.10 Å². The van der Waals surface area contributed by atoms with Gasteiger partial charge in [-0.05, 0) is 25.7 Å². The van der Waals surface area contributed by atoms with E-state index in [0.717, 1.165) is 38.5 Å². The van der Waals surface area contributed by atoms with Gasteiger partial charge in [-0.2, -0.15) is 0 Å². The third-order valence-corrected chi connectivity index (χ3v) is 14.7. The standard InChI is InChI=1S/C61H121NO5/c1-4-7-10-13-16-19-22-25-28-30-32-35-38-41-44-47-50-53-59(64)58(56-63)62-60(65)55-57(52-49-46-43-40-37-34-27-24-21-18-15-12-9-6-3)67-61(66)54-51-48-45-42-39-36-33-31-29-26-23-20-17-14-11-8-5-2/h57-59,63-64H,4-56H2,1-3H3,(H,62,65). The molecule has 0 radical (unpaired) electrons.